The molecular formula is C54H33N3S. The van der Waals surface area contributed by atoms with Gasteiger partial charge in [-0.15, -0.1) is 0 Å². The summed E-state index contributed by atoms with van der Waals surface area (Å²) in [5.74, 6) is 0.660. The third-order valence-corrected chi connectivity index (χ3v) is 12.9. The minimum Gasteiger partial charge on any atom is -0.228 e. The number of nitriles is 1. The second kappa shape index (κ2) is 13.7. The lowest BCUT2D eigenvalue weighted by atomic mass is 9.66. The number of fused-ring (bicyclic) bond motifs is 9. The molecule has 0 atom stereocenters. The van der Waals surface area contributed by atoms with Gasteiger partial charge in [0, 0.05) is 26.5 Å². The van der Waals surface area contributed by atoms with Crippen LogP contribution in [-0.4, -0.2) is 9.97 Å². The van der Waals surface area contributed by atoms with Crippen LogP contribution in [0.25, 0.3) is 67.3 Å². The molecule has 1 aliphatic carbocycles. The quantitative estimate of drug-likeness (QED) is 0.175. The van der Waals surface area contributed by atoms with E-state index >= 15 is 0 Å². The van der Waals surface area contributed by atoms with Crippen molar-refractivity contribution in [3.63, 3.8) is 0 Å². The Hall–Kier alpha value is -7.32. The second-order valence-corrected chi connectivity index (χ2v) is 15.8. The van der Waals surface area contributed by atoms with Crippen molar-refractivity contribution in [1.82, 2.24) is 9.97 Å². The molecule has 1 aromatic heterocycles. The zero-order valence-corrected chi connectivity index (χ0v) is 32.1. The van der Waals surface area contributed by atoms with Gasteiger partial charge in [-0.05, 0) is 79.9 Å². The predicted molar refractivity (Wildman–Crippen MR) is 235 cm³/mol. The van der Waals surface area contributed by atoms with Crippen molar-refractivity contribution in [2.75, 3.05) is 0 Å². The highest BCUT2D eigenvalue weighted by molar-refractivity contribution is 7.99. The van der Waals surface area contributed by atoms with Crippen LogP contribution in [-0.2, 0) is 5.41 Å². The van der Waals surface area contributed by atoms with E-state index in [4.69, 9.17) is 9.97 Å². The van der Waals surface area contributed by atoms with Crippen molar-refractivity contribution in [2.24, 2.45) is 0 Å². The van der Waals surface area contributed by atoms with Crippen molar-refractivity contribution in [3.05, 3.63) is 228 Å². The zero-order valence-electron chi connectivity index (χ0n) is 31.3. The summed E-state index contributed by atoms with van der Waals surface area (Å²) in [5, 5.41) is 10.5. The molecule has 2 aliphatic rings. The van der Waals surface area contributed by atoms with Crippen LogP contribution < -0.4 is 0 Å². The zero-order chi connectivity index (χ0) is 38.6. The molecule has 0 N–H and O–H groups in total. The largest absolute Gasteiger partial charge is 0.228 e. The normalized spacial score (nSPS) is 12.9. The minimum absolute atomic E-state index is 0.583. The lowest BCUT2D eigenvalue weighted by molar-refractivity contribution is 0.722. The summed E-state index contributed by atoms with van der Waals surface area (Å²) in [7, 11) is 0. The Morgan fingerprint density at radius 1 is 0.379 bits per heavy atom. The molecule has 0 unspecified atom stereocenters. The molecule has 0 bridgehead atoms. The van der Waals surface area contributed by atoms with Gasteiger partial charge in [-0.3, -0.25) is 0 Å². The van der Waals surface area contributed by atoms with Gasteiger partial charge >= 0.3 is 0 Å². The first-order valence-corrected chi connectivity index (χ1v) is 20.3. The Morgan fingerprint density at radius 2 is 0.862 bits per heavy atom. The molecule has 9 aromatic rings. The van der Waals surface area contributed by atoms with E-state index in [1.54, 1.807) is 11.8 Å². The van der Waals surface area contributed by atoms with Gasteiger partial charge in [0.2, 0.25) is 0 Å². The smallest absolute Gasteiger partial charge is 0.160 e. The molecule has 3 nitrogen and oxygen atoms in total. The topological polar surface area (TPSA) is 49.6 Å². The van der Waals surface area contributed by atoms with Crippen LogP contribution >= 0.6 is 11.8 Å². The third-order valence-electron chi connectivity index (χ3n) is 11.6. The standard InChI is InChI=1S/C54H33N3S/c55-34-41-23-13-29-47-51(41)58-52-42(26-14-30-48(52)54(47)45-27-9-7-24-43(45)44-25-8-10-28-46(44)54)38-20-12-22-40(32-38)53-56-49(36-17-5-2-6-18-36)33-50(57-53)39-21-11-19-37(31-39)35-15-3-1-4-16-35/h1-33H. The first kappa shape index (κ1) is 34.0. The van der Waals surface area contributed by atoms with Crippen LogP contribution in [0.1, 0.15) is 27.8 Å². The van der Waals surface area contributed by atoms with Gasteiger partial charge in [-0.25, -0.2) is 9.97 Å². The Balaban J connectivity index is 1.10. The molecule has 0 saturated heterocycles. The molecule has 4 heteroatoms. The van der Waals surface area contributed by atoms with E-state index in [1.165, 1.54) is 27.8 Å². The number of benzene rings is 8. The van der Waals surface area contributed by atoms with Crippen LogP contribution in [0.15, 0.2) is 210 Å². The average molecular weight is 756 g/mol. The van der Waals surface area contributed by atoms with Gasteiger partial charge in [0.1, 0.15) is 6.07 Å². The molecule has 2 heterocycles. The van der Waals surface area contributed by atoms with Crippen LogP contribution in [0.2, 0.25) is 0 Å². The fourth-order valence-corrected chi connectivity index (χ4v) is 10.4. The van der Waals surface area contributed by atoms with Gasteiger partial charge in [0.05, 0.1) is 22.4 Å². The predicted octanol–water partition coefficient (Wildman–Crippen LogP) is 13.5. The summed E-state index contributed by atoms with van der Waals surface area (Å²) in [6, 6.07) is 73.1. The van der Waals surface area contributed by atoms with E-state index < -0.39 is 5.41 Å². The number of hydrogen-bond acceptors (Lipinski definition) is 4. The van der Waals surface area contributed by atoms with Crippen LogP contribution in [0.5, 0.6) is 0 Å². The van der Waals surface area contributed by atoms with E-state index in [2.05, 4.69) is 170 Å². The van der Waals surface area contributed by atoms with E-state index in [1.807, 2.05) is 36.4 Å². The number of rotatable bonds is 5. The first-order valence-electron chi connectivity index (χ1n) is 19.5. The molecule has 8 aromatic carbocycles. The highest BCUT2D eigenvalue weighted by atomic mass is 32.2. The highest BCUT2D eigenvalue weighted by Crippen LogP contribution is 2.63. The molecule has 1 spiro atoms. The molecule has 270 valence electrons. The van der Waals surface area contributed by atoms with Crippen molar-refractivity contribution >= 4 is 11.8 Å². The Bertz CT molecular complexity index is 3060. The molecule has 0 fully saturated rings. The van der Waals surface area contributed by atoms with Gasteiger partial charge in [0.25, 0.3) is 0 Å². The summed E-state index contributed by atoms with van der Waals surface area (Å²) in [6.45, 7) is 0. The summed E-state index contributed by atoms with van der Waals surface area (Å²) < 4.78 is 0. The fraction of sp³-hybridized carbons (Fsp3) is 0.0185. The lowest BCUT2D eigenvalue weighted by Crippen LogP contribution is -2.32. The van der Waals surface area contributed by atoms with Crippen LogP contribution in [0, 0.1) is 11.3 Å². The maximum atomic E-state index is 10.5. The first-order chi connectivity index (χ1) is 28.7. The van der Waals surface area contributed by atoms with Gasteiger partial charge < -0.3 is 0 Å². The Morgan fingerprint density at radius 3 is 1.57 bits per heavy atom. The van der Waals surface area contributed by atoms with Gasteiger partial charge in [-0.1, -0.05) is 188 Å². The van der Waals surface area contributed by atoms with E-state index in [9.17, 15) is 5.26 Å². The maximum absolute atomic E-state index is 10.5. The Labute approximate surface area is 342 Å². The van der Waals surface area contributed by atoms with E-state index in [0.717, 1.165) is 65.7 Å². The van der Waals surface area contributed by atoms with Crippen molar-refractivity contribution < 1.29 is 0 Å². The fourth-order valence-electron chi connectivity index (χ4n) is 9.06. The monoisotopic (exact) mass is 755 g/mol. The third kappa shape index (κ3) is 5.29. The van der Waals surface area contributed by atoms with Gasteiger partial charge in [0.15, 0.2) is 5.82 Å². The van der Waals surface area contributed by atoms with E-state index in [-0.39, 0.29) is 0 Å². The van der Waals surface area contributed by atoms with Crippen molar-refractivity contribution in [3.8, 4) is 73.4 Å². The van der Waals surface area contributed by atoms with Crippen LogP contribution in [0.4, 0.5) is 0 Å². The summed E-state index contributed by atoms with van der Waals surface area (Å²) >= 11 is 1.71. The van der Waals surface area contributed by atoms with E-state index in [0.29, 0.717) is 11.4 Å². The lowest BCUT2D eigenvalue weighted by Gasteiger charge is -2.40. The second-order valence-electron chi connectivity index (χ2n) is 14.8. The molecule has 0 saturated carbocycles. The molecular weight excluding hydrogens is 723 g/mol. The molecule has 1 aliphatic heterocycles. The van der Waals surface area contributed by atoms with Crippen LogP contribution in [0.3, 0.4) is 0 Å². The summed E-state index contributed by atoms with van der Waals surface area (Å²) in [6.07, 6.45) is 0. The summed E-state index contributed by atoms with van der Waals surface area (Å²) in [4.78, 5) is 12.6. The van der Waals surface area contributed by atoms with Crippen molar-refractivity contribution in [2.45, 2.75) is 15.2 Å². The maximum Gasteiger partial charge on any atom is 0.160 e. The number of nitrogens with zero attached hydrogens (tertiary/aromatic N) is 3. The minimum atomic E-state index is -0.583. The molecule has 0 amide bonds. The molecule has 0 radical (unpaired) electrons. The van der Waals surface area contributed by atoms with Gasteiger partial charge in [-0.2, -0.15) is 5.26 Å². The molecule has 58 heavy (non-hydrogen) atoms. The SMILES string of the molecule is N#Cc1cccc2c1Sc1c(-c3cccc(-c4nc(-c5ccccc5)cc(-c5cccc(-c6ccccc6)c5)n4)c3)cccc1C21c2ccccc2-c2ccccc21. The Kier molecular flexibility index (Phi) is 8.03. The number of hydrogen-bond donors (Lipinski definition) is 0. The number of aromatic nitrogens is 2. The highest BCUT2D eigenvalue weighted by Gasteiger charge is 2.51. The molecule has 11 rings (SSSR count). The average Bonchev–Trinajstić information content (AvgIpc) is 3.60. The summed E-state index contributed by atoms with van der Waals surface area (Å²) in [5.41, 5.74) is 16.6. The van der Waals surface area contributed by atoms with Crippen molar-refractivity contribution in [1.29, 1.82) is 5.26 Å².